The smallest absolute Gasteiger partial charge is 0.338 e. The van der Waals surface area contributed by atoms with E-state index in [9.17, 15) is 4.79 Å². The number of hydrogen-bond acceptors (Lipinski definition) is 5. The van der Waals surface area contributed by atoms with Crippen LogP contribution in [0.3, 0.4) is 0 Å². The molecule has 0 amide bonds. The molecule has 0 fully saturated rings. The maximum atomic E-state index is 11.7. The summed E-state index contributed by atoms with van der Waals surface area (Å²) in [6, 6.07) is 7.49. The number of nitrogens with one attached hydrogen (secondary N) is 1. The highest BCUT2D eigenvalue weighted by Crippen LogP contribution is 2.17. The number of aromatic nitrogens is 1. The monoisotopic (exact) mass is 290 g/mol. The van der Waals surface area contributed by atoms with Crippen LogP contribution in [0.4, 0.5) is 0 Å². The molecule has 0 aliphatic rings. The number of ether oxygens (including phenoxy) is 1. The van der Waals surface area contributed by atoms with E-state index >= 15 is 0 Å². The van der Waals surface area contributed by atoms with E-state index in [1.807, 2.05) is 29.8 Å². The third kappa shape index (κ3) is 3.65. The molecular weight excluding hydrogens is 272 g/mol. The second-order valence-corrected chi connectivity index (χ2v) is 5.48. The van der Waals surface area contributed by atoms with Crippen LogP contribution in [0.15, 0.2) is 35.8 Å². The van der Waals surface area contributed by atoms with Crippen LogP contribution in [0.25, 0.3) is 0 Å². The van der Waals surface area contributed by atoms with Gasteiger partial charge in [0.2, 0.25) is 0 Å². The van der Waals surface area contributed by atoms with Gasteiger partial charge in [-0.1, -0.05) is 25.1 Å². The van der Waals surface area contributed by atoms with Gasteiger partial charge < -0.3 is 10.1 Å². The lowest BCUT2D eigenvalue weighted by Crippen LogP contribution is -2.21. The molecule has 1 aromatic heterocycles. The van der Waals surface area contributed by atoms with Crippen LogP contribution < -0.4 is 5.32 Å². The van der Waals surface area contributed by atoms with Crippen molar-refractivity contribution in [3.05, 3.63) is 52.0 Å². The Labute approximate surface area is 122 Å². The lowest BCUT2D eigenvalue weighted by Gasteiger charge is -2.12. The minimum Gasteiger partial charge on any atom is -0.465 e. The number of carbonyl (C=O) groups excluding carboxylic acids is 1. The van der Waals surface area contributed by atoms with E-state index in [-0.39, 0.29) is 5.97 Å². The van der Waals surface area contributed by atoms with E-state index in [0.717, 1.165) is 17.1 Å². The molecule has 0 spiro atoms. The summed E-state index contributed by atoms with van der Waals surface area (Å²) in [5.41, 5.74) is 1.56. The molecule has 1 aromatic carbocycles. The Hall–Kier alpha value is -1.72. The standard InChI is InChI=1S/C15H18N2O2S/c1-11(14-17-7-8-20-14)9-16-10-12-5-3-4-6-13(12)15(18)19-2/h3-8,11,16H,9-10H2,1-2H3. The summed E-state index contributed by atoms with van der Waals surface area (Å²) < 4.78 is 4.79. The molecule has 0 saturated heterocycles. The van der Waals surface area contributed by atoms with Gasteiger partial charge in [0.05, 0.1) is 17.7 Å². The molecule has 1 heterocycles. The first-order valence-corrected chi connectivity index (χ1v) is 7.36. The van der Waals surface area contributed by atoms with Crippen LogP contribution >= 0.6 is 11.3 Å². The van der Waals surface area contributed by atoms with Crippen molar-refractivity contribution in [1.29, 1.82) is 0 Å². The number of methoxy groups -OCH3 is 1. The lowest BCUT2D eigenvalue weighted by atomic mass is 10.1. The summed E-state index contributed by atoms with van der Waals surface area (Å²) in [6.07, 6.45) is 1.82. The Kier molecular flexibility index (Phi) is 5.26. The molecule has 4 nitrogen and oxygen atoms in total. The van der Waals surface area contributed by atoms with E-state index in [1.54, 1.807) is 17.4 Å². The summed E-state index contributed by atoms with van der Waals surface area (Å²) in [6.45, 7) is 3.60. The number of hydrogen-bond donors (Lipinski definition) is 1. The summed E-state index contributed by atoms with van der Waals surface area (Å²) in [5.74, 6) is 0.0654. The van der Waals surface area contributed by atoms with Crippen molar-refractivity contribution in [2.75, 3.05) is 13.7 Å². The zero-order valence-corrected chi connectivity index (χ0v) is 12.4. The SMILES string of the molecule is COC(=O)c1ccccc1CNCC(C)c1nccs1. The molecule has 20 heavy (non-hydrogen) atoms. The predicted molar refractivity (Wildman–Crippen MR) is 80.0 cm³/mol. The van der Waals surface area contributed by atoms with Gasteiger partial charge in [0, 0.05) is 30.6 Å². The van der Waals surface area contributed by atoms with Gasteiger partial charge in [0.15, 0.2) is 0 Å². The summed E-state index contributed by atoms with van der Waals surface area (Å²) in [4.78, 5) is 16.0. The quantitative estimate of drug-likeness (QED) is 0.831. The Balaban J connectivity index is 1.93. The molecule has 0 bridgehead atoms. The Morgan fingerprint density at radius 2 is 2.25 bits per heavy atom. The summed E-state index contributed by atoms with van der Waals surface area (Å²) in [7, 11) is 1.40. The molecule has 2 aromatic rings. The van der Waals surface area contributed by atoms with Crippen LogP contribution in [0.1, 0.15) is 33.8 Å². The van der Waals surface area contributed by atoms with E-state index in [0.29, 0.717) is 18.0 Å². The molecule has 0 radical (unpaired) electrons. The number of carbonyl (C=O) groups is 1. The molecule has 0 saturated carbocycles. The molecule has 0 aliphatic carbocycles. The average Bonchev–Trinajstić information content (AvgIpc) is 3.01. The Morgan fingerprint density at radius 3 is 2.95 bits per heavy atom. The second kappa shape index (κ2) is 7.17. The van der Waals surface area contributed by atoms with E-state index in [1.165, 1.54) is 7.11 Å². The third-order valence-corrected chi connectivity index (χ3v) is 4.07. The number of thiazole rings is 1. The van der Waals surface area contributed by atoms with Crippen molar-refractivity contribution in [3.63, 3.8) is 0 Å². The van der Waals surface area contributed by atoms with Crippen LogP contribution in [-0.2, 0) is 11.3 Å². The number of benzene rings is 1. The summed E-state index contributed by atoms with van der Waals surface area (Å²) >= 11 is 1.66. The zero-order valence-electron chi connectivity index (χ0n) is 11.6. The fourth-order valence-electron chi connectivity index (χ4n) is 1.97. The summed E-state index contributed by atoms with van der Waals surface area (Å²) in [5, 5.41) is 6.48. The van der Waals surface area contributed by atoms with E-state index < -0.39 is 0 Å². The van der Waals surface area contributed by atoms with Gasteiger partial charge in [-0.3, -0.25) is 0 Å². The van der Waals surface area contributed by atoms with Gasteiger partial charge in [-0.15, -0.1) is 11.3 Å². The third-order valence-electron chi connectivity index (χ3n) is 3.06. The van der Waals surface area contributed by atoms with Crippen molar-refractivity contribution < 1.29 is 9.53 Å². The van der Waals surface area contributed by atoms with Crippen LogP contribution in [0, 0.1) is 0 Å². The first kappa shape index (κ1) is 14.7. The van der Waals surface area contributed by atoms with Crippen molar-refractivity contribution in [2.45, 2.75) is 19.4 Å². The fourth-order valence-corrected chi connectivity index (χ4v) is 2.67. The first-order chi connectivity index (χ1) is 9.72. The first-order valence-electron chi connectivity index (χ1n) is 6.48. The molecule has 0 aliphatic heterocycles. The molecule has 1 unspecified atom stereocenters. The highest BCUT2D eigenvalue weighted by atomic mass is 32.1. The predicted octanol–water partition coefficient (Wildman–Crippen LogP) is 2.82. The van der Waals surface area contributed by atoms with Gasteiger partial charge in [0.25, 0.3) is 0 Å². The topological polar surface area (TPSA) is 51.2 Å². The molecule has 1 N–H and O–H groups in total. The van der Waals surface area contributed by atoms with Gasteiger partial charge in [-0.05, 0) is 11.6 Å². The van der Waals surface area contributed by atoms with Crippen molar-refractivity contribution in [3.8, 4) is 0 Å². The van der Waals surface area contributed by atoms with Crippen LogP contribution in [0.5, 0.6) is 0 Å². The average molecular weight is 290 g/mol. The fraction of sp³-hybridized carbons (Fsp3) is 0.333. The van der Waals surface area contributed by atoms with Crippen molar-refractivity contribution in [1.82, 2.24) is 10.3 Å². The molecule has 5 heteroatoms. The number of esters is 1. The Bertz CT molecular complexity index is 555. The molecule has 1 atom stereocenters. The van der Waals surface area contributed by atoms with Crippen LogP contribution in [0.2, 0.25) is 0 Å². The number of nitrogens with zero attached hydrogens (tertiary/aromatic N) is 1. The second-order valence-electron chi connectivity index (χ2n) is 4.55. The van der Waals surface area contributed by atoms with Crippen molar-refractivity contribution >= 4 is 17.3 Å². The zero-order chi connectivity index (χ0) is 14.4. The largest absolute Gasteiger partial charge is 0.465 e. The van der Waals surface area contributed by atoms with Crippen molar-refractivity contribution in [2.24, 2.45) is 0 Å². The van der Waals surface area contributed by atoms with Gasteiger partial charge in [-0.25, -0.2) is 9.78 Å². The molecule has 106 valence electrons. The maximum absolute atomic E-state index is 11.7. The molecular formula is C15H18N2O2S. The van der Waals surface area contributed by atoms with Crippen LogP contribution in [-0.4, -0.2) is 24.6 Å². The highest BCUT2D eigenvalue weighted by Gasteiger charge is 2.12. The normalized spacial score (nSPS) is 12.1. The number of rotatable bonds is 6. The van der Waals surface area contributed by atoms with E-state index in [4.69, 9.17) is 4.74 Å². The van der Waals surface area contributed by atoms with Gasteiger partial charge >= 0.3 is 5.97 Å². The van der Waals surface area contributed by atoms with Gasteiger partial charge in [-0.2, -0.15) is 0 Å². The lowest BCUT2D eigenvalue weighted by molar-refractivity contribution is 0.0599. The highest BCUT2D eigenvalue weighted by molar-refractivity contribution is 7.09. The minimum absolute atomic E-state index is 0.296. The van der Waals surface area contributed by atoms with Gasteiger partial charge in [0.1, 0.15) is 0 Å². The maximum Gasteiger partial charge on any atom is 0.338 e. The van der Waals surface area contributed by atoms with E-state index in [2.05, 4.69) is 17.2 Å². The minimum atomic E-state index is -0.296. The Morgan fingerprint density at radius 1 is 1.45 bits per heavy atom. The molecule has 2 rings (SSSR count).